The molecule has 0 aliphatic carbocycles. The van der Waals surface area contributed by atoms with Crippen LogP contribution in [-0.2, 0) is 11.8 Å². The number of rotatable bonds is 4. The molecular formula is C20H26N4O3. The summed E-state index contributed by atoms with van der Waals surface area (Å²) >= 11 is 0. The molecule has 7 nitrogen and oxygen atoms in total. The molecule has 0 radical (unpaired) electrons. The largest absolute Gasteiger partial charge is 0.324 e. The fourth-order valence-corrected chi connectivity index (χ4v) is 2.92. The van der Waals surface area contributed by atoms with Crippen LogP contribution >= 0.6 is 0 Å². The van der Waals surface area contributed by atoms with Gasteiger partial charge in [0.25, 0.3) is 5.56 Å². The van der Waals surface area contributed by atoms with E-state index in [0.717, 1.165) is 22.4 Å². The Bertz CT molecular complexity index is 924. The van der Waals surface area contributed by atoms with Crippen molar-refractivity contribution in [3.05, 3.63) is 57.0 Å². The minimum atomic E-state index is -0.520. The number of benzene rings is 1. The van der Waals surface area contributed by atoms with Crippen LogP contribution in [0, 0.1) is 27.7 Å². The number of anilines is 2. The molecule has 2 N–H and O–H groups in total. The quantitative estimate of drug-likeness (QED) is 0.868. The number of nitrogens with one attached hydrogen (secondary N) is 2. The molecule has 0 unspecified atom stereocenters. The fraction of sp³-hybridized carbons (Fsp3) is 0.350. The van der Waals surface area contributed by atoms with Gasteiger partial charge in [-0.25, -0.2) is 4.79 Å². The molecule has 144 valence electrons. The zero-order valence-corrected chi connectivity index (χ0v) is 16.6. The number of likely N-dealkylation sites (N-methyl/N-ethyl adjacent to an activating group) is 1. The summed E-state index contributed by atoms with van der Waals surface area (Å²) in [7, 11) is 3.12. The number of carbonyl (C=O) groups is 2. The van der Waals surface area contributed by atoms with Gasteiger partial charge in [0.15, 0.2) is 0 Å². The van der Waals surface area contributed by atoms with Crippen molar-refractivity contribution in [2.45, 2.75) is 27.7 Å². The first kappa shape index (κ1) is 20.2. The SMILES string of the molecule is Cc1cc(C)c(NC(=O)CN(C)C(=O)Nc2c(C)ccn(C)c2=O)c(C)c1. The van der Waals surface area contributed by atoms with Crippen LogP contribution in [0.5, 0.6) is 0 Å². The molecule has 0 aliphatic heterocycles. The minimum Gasteiger partial charge on any atom is -0.324 e. The summed E-state index contributed by atoms with van der Waals surface area (Å²) in [6.45, 7) is 7.47. The van der Waals surface area contributed by atoms with E-state index in [-0.39, 0.29) is 23.7 Å². The summed E-state index contributed by atoms with van der Waals surface area (Å²) in [6, 6.07) is 5.21. The summed E-state index contributed by atoms with van der Waals surface area (Å²) in [4.78, 5) is 38.1. The lowest BCUT2D eigenvalue weighted by atomic mass is 10.1. The predicted octanol–water partition coefficient (Wildman–Crippen LogP) is 2.72. The first-order valence-corrected chi connectivity index (χ1v) is 8.66. The van der Waals surface area contributed by atoms with Crippen LogP contribution in [0.4, 0.5) is 16.2 Å². The molecule has 27 heavy (non-hydrogen) atoms. The molecule has 2 rings (SSSR count). The van der Waals surface area contributed by atoms with Crippen molar-refractivity contribution in [3.63, 3.8) is 0 Å². The Morgan fingerprint density at radius 2 is 1.59 bits per heavy atom. The Labute approximate surface area is 159 Å². The molecule has 1 aromatic heterocycles. The van der Waals surface area contributed by atoms with Crippen molar-refractivity contribution in [3.8, 4) is 0 Å². The van der Waals surface area contributed by atoms with Crippen molar-refractivity contribution in [2.75, 3.05) is 24.2 Å². The van der Waals surface area contributed by atoms with Crippen LogP contribution < -0.4 is 16.2 Å². The molecule has 1 heterocycles. The average Bonchev–Trinajstić information content (AvgIpc) is 2.58. The molecule has 0 aliphatic rings. The summed E-state index contributed by atoms with van der Waals surface area (Å²) in [5, 5.41) is 5.45. The molecule has 0 atom stereocenters. The lowest BCUT2D eigenvalue weighted by Crippen LogP contribution is -2.39. The highest BCUT2D eigenvalue weighted by molar-refractivity contribution is 5.97. The number of urea groups is 1. The molecule has 0 saturated carbocycles. The number of carbonyl (C=O) groups excluding carboxylic acids is 2. The third kappa shape index (κ3) is 4.75. The minimum absolute atomic E-state index is 0.134. The average molecular weight is 370 g/mol. The van der Waals surface area contributed by atoms with Gasteiger partial charge < -0.3 is 20.1 Å². The zero-order valence-electron chi connectivity index (χ0n) is 16.6. The highest BCUT2D eigenvalue weighted by atomic mass is 16.2. The van der Waals surface area contributed by atoms with Crippen molar-refractivity contribution in [1.82, 2.24) is 9.47 Å². The normalized spacial score (nSPS) is 10.4. The summed E-state index contributed by atoms with van der Waals surface area (Å²) in [6.07, 6.45) is 1.64. The Morgan fingerprint density at radius 3 is 2.19 bits per heavy atom. The predicted molar refractivity (Wildman–Crippen MR) is 107 cm³/mol. The maximum atomic E-state index is 12.4. The summed E-state index contributed by atoms with van der Waals surface area (Å²) in [5.74, 6) is -0.305. The second kappa shape index (κ2) is 8.07. The van der Waals surface area contributed by atoms with Gasteiger partial charge in [0.2, 0.25) is 5.91 Å². The van der Waals surface area contributed by atoms with E-state index >= 15 is 0 Å². The lowest BCUT2D eigenvalue weighted by Gasteiger charge is -2.19. The lowest BCUT2D eigenvalue weighted by molar-refractivity contribution is -0.116. The van der Waals surface area contributed by atoms with Crippen LogP contribution in [0.15, 0.2) is 29.2 Å². The van der Waals surface area contributed by atoms with Crippen LogP contribution in [0.25, 0.3) is 0 Å². The van der Waals surface area contributed by atoms with Gasteiger partial charge in [-0.2, -0.15) is 0 Å². The Kier molecular flexibility index (Phi) is 6.05. The molecule has 0 bridgehead atoms. The topological polar surface area (TPSA) is 83.4 Å². The van der Waals surface area contributed by atoms with E-state index in [1.165, 1.54) is 16.5 Å². The molecule has 3 amide bonds. The molecule has 2 aromatic rings. The van der Waals surface area contributed by atoms with E-state index < -0.39 is 6.03 Å². The van der Waals surface area contributed by atoms with Crippen LogP contribution in [-0.4, -0.2) is 35.0 Å². The van der Waals surface area contributed by atoms with Gasteiger partial charge in [-0.3, -0.25) is 9.59 Å². The summed E-state index contributed by atoms with van der Waals surface area (Å²) < 4.78 is 1.39. The van der Waals surface area contributed by atoms with Crippen LogP contribution in [0.3, 0.4) is 0 Å². The number of nitrogens with zero attached hydrogens (tertiary/aromatic N) is 2. The van der Waals surface area contributed by atoms with E-state index in [0.29, 0.717) is 5.56 Å². The van der Waals surface area contributed by atoms with Crippen molar-refractivity contribution < 1.29 is 9.59 Å². The standard InChI is InChI=1S/C20H26N4O3/c1-12-9-14(3)17(15(4)10-12)21-16(25)11-24(6)20(27)22-18-13(2)7-8-23(5)19(18)26/h7-10H,11H2,1-6H3,(H,21,25)(H,22,27). The molecule has 1 aromatic carbocycles. The third-order valence-corrected chi connectivity index (χ3v) is 4.38. The highest BCUT2D eigenvalue weighted by Crippen LogP contribution is 2.21. The fourth-order valence-electron chi connectivity index (χ4n) is 2.92. The van der Waals surface area contributed by atoms with Gasteiger partial charge in [-0.05, 0) is 50.5 Å². The van der Waals surface area contributed by atoms with Gasteiger partial charge in [0.05, 0.1) is 0 Å². The van der Waals surface area contributed by atoms with Crippen LogP contribution in [0.1, 0.15) is 22.3 Å². The first-order chi connectivity index (χ1) is 12.6. The Morgan fingerprint density at radius 1 is 1.00 bits per heavy atom. The highest BCUT2D eigenvalue weighted by Gasteiger charge is 2.17. The van der Waals surface area contributed by atoms with Gasteiger partial charge in [0.1, 0.15) is 12.2 Å². The molecule has 0 saturated heterocycles. The molecule has 0 fully saturated rings. The third-order valence-electron chi connectivity index (χ3n) is 4.38. The second-order valence-electron chi connectivity index (χ2n) is 6.90. The van der Waals surface area contributed by atoms with E-state index in [1.54, 1.807) is 26.2 Å². The maximum absolute atomic E-state index is 12.4. The van der Waals surface area contributed by atoms with Crippen molar-refractivity contribution >= 4 is 23.3 Å². The first-order valence-electron chi connectivity index (χ1n) is 8.66. The monoisotopic (exact) mass is 370 g/mol. The maximum Gasteiger partial charge on any atom is 0.322 e. The van der Waals surface area contributed by atoms with E-state index in [2.05, 4.69) is 10.6 Å². The van der Waals surface area contributed by atoms with Crippen molar-refractivity contribution in [1.29, 1.82) is 0 Å². The molecular weight excluding hydrogens is 344 g/mol. The Hall–Kier alpha value is -3.09. The van der Waals surface area contributed by atoms with E-state index in [4.69, 9.17) is 0 Å². The van der Waals surface area contributed by atoms with Gasteiger partial charge >= 0.3 is 6.03 Å². The van der Waals surface area contributed by atoms with Gasteiger partial charge in [0, 0.05) is 26.0 Å². The van der Waals surface area contributed by atoms with Crippen LogP contribution in [0.2, 0.25) is 0 Å². The number of aryl methyl sites for hydroxylation is 5. The number of aromatic nitrogens is 1. The molecule has 7 heteroatoms. The zero-order chi connectivity index (χ0) is 20.3. The summed E-state index contributed by atoms with van der Waals surface area (Å²) in [5.41, 5.74) is 4.39. The smallest absolute Gasteiger partial charge is 0.322 e. The van der Waals surface area contributed by atoms with Gasteiger partial charge in [-0.1, -0.05) is 17.7 Å². The van der Waals surface area contributed by atoms with Gasteiger partial charge in [-0.15, -0.1) is 0 Å². The number of hydrogen-bond donors (Lipinski definition) is 2. The Balaban J connectivity index is 2.06. The van der Waals surface area contributed by atoms with Crippen molar-refractivity contribution in [2.24, 2.45) is 7.05 Å². The van der Waals surface area contributed by atoms with E-state index in [9.17, 15) is 14.4 Å². The number of hydrogen-bond acceptors (Lipinski definition) is 3. The van der Waals surface area contributed by atoms with E-state index in [1.807, 2.05) is 32.9 Å². The number of amides is 3. The second-order valence-corrected chi connectivity index (χ2v) is 6.90. The number of pyridine rings is 1. The molecule has 0 spiro atoms.